The molecule has 4 rings (SSSR count). The Morgan fingerprint density at radius 2 is 1.56 bits per heavy atom. The van der Waals surface area contributed by atoms with Crippen LogP contribution >= 0.6 is 0 Å². The SMILES string of the molecule is COc1ccc(C(=O)Nc2ccc(Cn3cnc(C(=O)Nc4ccccc4)c3)cc2)c(OC)c1. The van der Waals surface area contributed by atoms with Crippen molar-refractivity contribution in [1.82, 2.24) is 9.55 Å². The number of amides is 2. The van der Waals surface area contributed by atoms with E-state index in [1.54, 1.807) is 37.8 Å². The van der Waals surface area contributed by atoms with Crippen LogP contribution in [0.15, 0.2) is 85.3 Å². The highest BCUT2D eigenvalue weighted by Gasteiger charge is 2.14. The molecule has 0 saturated carbocycles. The number of aromatic nitrogens is 2. The molecule has 3 aromatic carbocycles. The summed E-state index contributed by atoms with van der Waals surface area (Å²) in [6, 6.07) is 21.7. The summed E-state index contributed by atoms with van der Waals surface area (Å²) >= 11 is 0. The van der Waals surface area contributed by atoms with Crippen molar-refractivity contribution < 1.29 is 19.1 Å². The zero-order valence-electron chi connectivity index (χ0n) is 18.8. The highest BCUT2D eigenvalue weighted by molar-refractivity contribution is 6.06. The van der Waals surface area contributed by atoms with E-state index in [-0.39, 0.29) is 11.8 Å². The van der Waals surface area contributed by atoms with Crippen LogP contribution in [-0.2, 0) is 6.54 Å². The van der Waals surface area contributed by atoms with Crippen LogP contribution in [0.3, 0.4) is 0 Å². The van der Waals surface area contributed by atoms with E-state index < -0.39 is 0 Å². The molecule has 2 N–H and O–H groups in total. The van der Waals surface area contributed by atoms with E-state index >= 15 is 0 Å². The van der Waals surface area contributed by atoms with Crippen LogP contribution in [0.2, 0.25) is 0 Å². The maximum absolute atomic E-state index is 12.7. The number of anilines is 2. The minimum absolute atomic E-state index is 0.267. The molecule has 0 saturated heterocycles. The minimum atomic E-state index is -0.282. The third kappa shape index (κ3) is 5.42. The van der Waals surface area contributed by atoms with E-state index in [9.17, 15) is 9.59 Å². The average Bonchev–Trinajstić information content (AvgIpc) is 3.34. The van der Waals surface area contributed by atoms with Crippen molar-refractivity contribution in [3.63, 3.8) is 0 Å². The molecule has 0 aliphatic rings. The molecule has 0 aliphatic heterocycles. The number of carbonyl (C=O) groups is 2. The zero-order chi connectivity index (χ0) is 23.9. The lowest BCUT2D eigenvalue weighted by molar-refractivity contribution is 0.101. The highest BCUT2D eigenvalue weighted by Crippen LogP contribution is 2.25. The van der Waals surface area contributed by atoms with Crippen molar-refractivity contribution in [2.45, 2.75) is 6.54 Å². The third-order valence-corrected chi connectivity index (χ3v) is 5.13. The normalized spacial score (nSPS) is 10.4. The van der Waals surface area contributed by atoms with Crippen LogP contribution in [0.25, 0.3) is 0 Å². The first-order valence-electron chi connectivity index (χ1n) is 10.6. The number of imidazole rings is 1. The summed E-state index contributed by atoms with van der Waals surface area (Å²) in [5.41, 5.74) is 3.10. The average molecular weight is 457 g/mol. The first-order valence-corrected chi connectivity index (χ1v) is 10.6. The van der Waals surface area contributed by atoms with E-state index in [1.165, 1.54) is 7.11 Å². The molecule has 0 fully saturated rings. The predicted molar refractivity (Wildman–Crippen MR) is 130 cm³/mol. The van der Waals surface area contributed by atoms with E-state index in [0.29, 0.717) is 40.7 Å². The summed E-state index contributed by atoms with van der Waals surface area (Å²) in [6.07, 6.45) is 3.31. The lowest BCUT2D eigenvalue weighted by Gasteiger charge is -2.11. The van der Waals surface area contributed by atoms with E-state index in [1.807, 2.05) is 59.2 Å². The molecular weight excluding hydrogens is 432 g/mol. The second kappa shape index (κ2) is 10.4. The first kappa shape index (κ1) is 22.6. The largest absolute Gasteiger partial charge is 0.497 e. The van der Waals surface area contributed by atoms with Crippen LogP contribution in [-0.4, -0.2) is 35.6 Å². The molecular formula is C26H24N4O4. The van der Waals surface area contributed by atoms with Gasteiger partial charge in [0.2, 0.25) is 0 Å². The third-order valence-electron chi connectivity index (χ3n) is 5.13. The smallest absolute Gasteiger partial charge is 0.275 e. The van der Waals surface area contributed by atoms with Crippen molar-refractivity contribution in [3.05, 3.63) is 102 Å². The monoisotopic (exact) mass is 456 g/mol. The summed E-state index contributed by atoms with van der Waals surface area (Å²) in [5, 5.41) is 5.69. The first-order chi connectivity index (χ1) is 16.6. The van der Waals surface area contributed by atoms with Gasteiger partial charge in [0.05, 0.1) is 26.1 Å². The van der Waals surface area contributed by atoms with Crippen molar-refractivity contribution in [2.24, 2.45) is 0 Å². The fraction of sp³-hybridized carbons (Fsp3) is 0.115. The molecule has 0 radical (unpaired) electrons. The quantitative estimate of drug-likeness (QED) is 0.408. The number of nitrogens with zero attached hydrogens (tertiary/aromatic N) is 2. The van der Waals surface area contributed by atoms with Gasteiger partial charge in [-0.2, -0.15) is 0 Å². The topological polar surface area (TPSA) is 94.5 Å². The molecule has 0 aliphatic carbocycles. The highest BCUT2D eigenvalue weighted by atomic mass is 16.5. The summed E-state index contributed by atoms with van der Waals surface area (Å²) in [4.78, 5) is 29.3. The van der Waals surface area contributed by atoms with Crippen LogP contribution in [0.4, 0.5) is 11.4 Å². The van der Waals surface area contributed by atoms with Crippen molar-refractivity contribution in [1.29, 1.82) is 0 Å². The number of hydrogen-bond acceptors (Lipinski definition) is 5. The van der Waals surface area contributed by atoms with Crippen LogP contribution in [0.5, 0.6) is 11.5 Å². The van der Waals surface area contributed by atoms with Gasteiger partial charge in [-0.1, -0.05) is 30.3 Å². The second-order valence-electron chi connectivity index (χ2n) is 7.47. The molecule has 1 aromatic heterocycles. The second-order valence-corrected chi connectivity index (χ2v) is 7.47. The molecule has 4 aromatic rings. The molecule has 8 nitrogen and oxygen atoms in total. The van der Waals surface area contributed by atoms with Gasteiger partial charge < -0.3 is 24.7 Å². The minimum Gasteiger partial charge on any atom is -0.497 e. The fourth-order valence-corrected chi connectivity index (χ4v) is 3.37. The molecule has 172 valence electrons. The Labute approximate surface area is 197 Å². The number of rotatable bonds is 8. The van der Waals surface area contributed by atoms with Crippen molar-refractivity contribution in [2.75, 3.05) is 24.9 Å². The molecule has 0 bridgehead atoms. The van der Waals surface area contributed by atoms with Gasteiger partial charge in [0.25, 0.3) is 11.8 Å². The van der Waals surface area contributed by atoms with Gasteiger partial charge in [-0.25, -0.2) is 4.98 Å². The van der Waals surface area contributed by atoms with E-state index in [0.717, 1.165) is 5.56 Å². The van der Waals surface area contributed by atoms with Gasteiger partial charge in [-0.15, -0.1) is 0 Å². The van der Waals surface area contributed by atoms with Gasteiger partial charge in [0, 0.05) is 30.2 Å². The Bertz CT molecular complexity index is 1280. The molecule has 1 heterocycles. The maximum Gasteiger partial charge on any atom is 0.275 e. The van der Waals surface area contributed by atoms with E-state index in [2.05, 4.69) is 15.6 Å². The predicted octanol–water partition coefficient (Wildman–Crippen LogP) is 4.45. The van der Waals surface area contributed by atoms with Crippen molar-refractivity contribution >= 4 is 23.2 Å². The number of nitrogens with one attached hydrogen (secondary N) is 2. The molecule has 34 heavy (non-hydrogen) atoms. The lowest BCUT2D eigenvalue weighted by Crippen LogP contribution is -2.13. The summed E-state index contributed by atoms with van der Waals surface area (Å²) in [6.45, 7) is 0.534. The van der Waals surface area contributed by atoms with Crippen LogP contribution < -0.4 is 20.1 Å². The van der Waals surface area contributed by atoms with E-state index in [4.69, 9.17) is 9.47 Å². The molecule has 0 spiro atoms. The molecule has 0 unspecified atom stereocenters. The van der Waals surface area contributed by atoms with Gasteiger partial charge in [0.15, 0.2) is 0 Å². The van der Waals surface area contributed by atoms with Gasteiger partial charge in [0.1, 0.15) is 17.2 Å². The Kier molecular flexibility index (Phi) is 6.88. The number of ether oxygens (including phenoxy) is 2. The Hall–Kier alpha value is -4.59. The van der Waals surface area contributed by atoms with Gasteiger partial charge in [-0.3, -0.25) is 9.59 Å². The fourth-order valence-electron chi connectivity index (χ4n) is 3.37. The summed E-state index contributed by atoms with van der Waals surface area (Å²) in [5.74, 6) is 0.492. The molecule has 8 heteroatoms. The van der Waals surface area contributed by atoms with Gasteiger partial charge >= 0.3 is 0 Å². The lowest BCUT2D eigenvalue weighted by atomic mass is 10.1. The maximum atomic E-state index is 12.7. The number of para-hydroxylation sites is 1. The summed E-state index contributed by atoms with van der Waals surface area (Å²) in [7, 11) is 3.06. The van der Waals surface area contributed by atoms with Crippen molar-refractivity contribution in [3.8, 4) is 11.5 Å². The zero-order valence-corrected chi connectivity index (χ0v) is 18.8. The van der Waals surface area contributed by atoms with Gasteiger partial charge in [-0.05, 0) is 42.0 Å². The number of benzene rings is 3. The summed E-state index contributed by atoms with van der Waals surface area (Å²) < 4.78 is 12.3. The standard InChI is InChI=1S/C26H24N4O4/c1-33-21-12-13-22(24(14-21)34-2)25(31)28-20-10-8-18(9-11-20)15-30-16-23(27-17-30)26(32)29-19-6-4-3-5-7-19/h3-14,16-17H,15H2,1-2H3,(H,28,31)(H,29,32). The van der Waals surface area contributed by atoms with Crippen LogP contribution in [0.1, 0.15) is 26.4 Å². The number of carbonyl (C=O) groups excluding carboxylic acids is 2. The van der Waals surface area contributed by atoms with Crippen LogP contribution in [0, 0.1) is 0 Å². The Balaban J connectivity index is 1.37. The number of hydrogen-bond donors (Lipinski definition) is 2. The Morgan fingerprint density at radius 1 is 0.853 bits per heavy atom. The molecule has 2 amide bonds. The number of methoxy groups -OCH3 is 2. The molecule has 0 atom stereocenters. The Morgan fingerprint density at radius 3 is 2.26 bits per heavy atom.